The van der Waals surface area contributed by atoms with Crippen molar-refractivity contribution < 1.29 is 5.11 Å². The van der Waals surface area contributed by atoms with Gasteiger partial charge in [0.25, 0.3) is 0 Å². The molecule has 0 bridgehead atoms. The van der Waals surface area contributed by atoms with E-state index in [1.807, 2.05) is 12.1 Å². The van der Waals surface area contributed by atoms with Crippen molar-refractivity contribution in [3.63, 3.8) is 0 Å². The van der Waals surface area contributed by atoms with Crippen molar-refractivity contribution in [1.82, 2.24) is 4.98 Å². The summed E-state index contributed by atoms with van der Waals surface area (Å²) >= 11 is 0. The molecule has 0 aliphatic heterocycles. The summed E-state index contributed by atoms with van der Waals surface area (Å²) in [6, 6.07) is 7.32. The second kappa shape index (κ2) is 4.95. The first kappa shape index (κ1) is 10.9. The first-order valence-corrected chi connectivity index (χ1v) is 5.58. The molecule has 2 N–H and O–H groups in total. The van der Waals surface area contributed by atoms with E-state index in [1.54, 1.807) is 12.1 Å². The highest BCUT2D eigenvalue weighted by Crippen LogP contribution is 2.25. The highest BCUT2D eigenvalue weighted by Gasteiger charge is 2.24. The Morgan fingerprint density at radius 1 is 1.50 bits per heavy atom. The highest BCUT2D eigenvalue weighted by atomic mass is 16.3. The molecule has 1 heterocycles. The minimum Gasteiger partial charge on any atom is -0.393 e. The number of aliphatic hydroxyl groups is 1. The fourth-order valence-electron chi connectivity index (χ4n) is 2.09. The number of hydrogen-bond acceptors (Lipinski definition) is 4. The lowest BCUT2D eigenvalue weighted by Crippen LogP contribution is -2.22. The smallest absolute Gasteiger partial charge is 0.142 e. The van der Waals surface area contributed by atoms with Gasteiger partial charge in [-0.1, -0.05) is 12.5 Å². The summed E-state index contributed by atoms with van der Waals surface area (Å²) in [5.41, 5.74) is 0.414. The Labute approximate surface area is 94.9 Å². The Hall–Kier alpha value is -1.60. The minimum absolute atomic E-state index is 0.188. The SMILES string of the molecule is N#Cc1cccc(NCC2CCCC2O)n1. The van der Waals surface area contributed by atoms with Crippen LogP contribution in [-0.4, -0.2) is 22.7 Å². The lowest BCUT2D eigenvalue weighted by Gasteiger charge is -2.15. The van der Waals surface area contributed by atoms with E-state index in [-0.39, 0.29) is 6.10 Å². The van der Waals surface area contributed by atoms with Gasteiger partial charge in [-0.3, -0.25) is 0 Å². The van der Waals surface area contributed by atoms with Crippen LogP contribution in [-0.2, 0) is 0 Å². The van der Waals surface area contributed by atoms with Gasteiger partial charge in [-0.15, -0.1) is 0 Å². The maximum absolute atomic E-state index is 9.65. The average molecular weight is 217 g/mol. The maximum atomic E-state index is 9.65. The van der Waals surface area contributed by atoms with Gasteiger partial charge in [0.1, 0.15) is 17.6 Å². The molecule has 0 aromatic carbocycles. The first-order valence-electron chi connectivity index (χ1n) is 5.58. The number of anilines is 1. The zero-order valence-corrected chi connectivity index (χ0v) is 9.06. The standard InChI is InChI=1S/C12H15N3O/c13-7-10-4-2-6-12(15-10)14-8-9-3-1-5-11(9)16/h2,4,6,9,11,16H,1,3,5,8H2,(H,14,15). The number of aromatic nitrogens is 1. The summed E-state index contributed by atoms with van der Waals surface area (Å²) in [6.07, 6.45) is 2.87. The molecule has 1 aromatic heterocycles. The van der Waals surface area contributed by atoms with E-state index in [9.17, 15) is 5.11 Å². The first-order chi connectivity index (χ1) is 7.79. The predicted molar refractivity (Wildman–Crippen MR) is 60.8 cm³/mol. The van der Waals surface area contributed by atoms with Crippen LogP contribution in [0.2, 0.25) is 0 Å². The molecule has 1 saturated carbocycles. The number of nitriles is 1. The van der Waals surface area contributed by atoms with Gasteiger partial charge in [-0.05, 0) is 25.0 Å². The molecule has 1 aliphatic rings. The molecule has 84 valence electrons. The van der Waals surface area contributed by atoms with E-state index in [0.29, 0.717) is 17.4 Å². The predicted octanol–water partition coefficient (Wildman–Crippen LogP) is 1.53. The van der Waals surface area contributed by atoms with Crippen LogP contribution in [0, 0.1) is 17.2 Å². The summed E-state index contributed by atoms with van der Waals surface area (Å²) in [4.78, 5) is 4.12. The summed E-state index contributed by atoms with van der Waals surface area (Å²) in [7, 11) is 0. The largest absolute Gasteiger partial charge is 0.393 e. The van der Waals surface area contributed by atoms with Crippen molar-refractivity contribution in [2.75, 3.05) is 11.9 Å². The van der Waals surface area contributed by atoms with Gasteiger partial charge in [0.2, 0.25) is 0 Å². The third-order valence-corrected chi connectivity index (χ3v) is 3.03. The third-order valence-electron chi connectivity index (χ3n) is 3.03. The fourth-order valence-corrected chi connectivity index (χ4v) is 2.09. The number of pyridine rings is 1. The van der Waals surface area contributed by atoms with Crippen LogP contribution in [0.25, 0.3) is 0 Å². The summed E-state index contributed by atoms with van der Waals surface area (Å²) in [6.45, 7) is 0.725. The van der Waals surface area contributed by atoms with Crippen molar-refractivity contribution in [2.24, 2.45) is 5.92 Å². The highest BCUT2D eigenvalue weighted by molar-refractivity contribution is 5.38. The molecule has 2 rings (SSSR count). The lowest BCUT2D eigenvalue weighted by atomic mass is 10.1. The second-order valence-corrected chi connectivity index (χ2v) is 4.16. The molecule has 0 saturated heterocycles. The van der Waals surface area contributed by atoms with Gasteiger partial charge in [0.15, 0.2) is 0 Å². The number of nitrogens with one attached hydrogen (secondary N) is 1. The number of rotatable bonds is 3. The zero-order chi connectivity index (χ0) is 11.4. The second-order valence-electron chi connectivity index (χ2n) is 4.16. The molecule has 1 fully saturated rings. The van der Waals surface area contributed by atoms with Gasteiger partial charge < -0.3 is 10.4 Å². The minimum atomic E-state index is -0.188. The summed E-state index contributed by atoms with van der Waals surface area (Å²) in [5, 5.41) is 21.5. The fraction of sp³-hybridized carbons (Fsp3) is 0.500. The van der Waals surface area contributed by atoms with Crippen molar-refractivity contribution in [2.45, 2.75) is 25.4 Å². The molecular weight excluding hydrogens is 202 g/mol. The maximum Gasteiger partial charge on any atom is 0.142 e. The van der Waals surface area contributed by atoms with Crippen LogP contribution in [0.4, 0.5) is 5.82 Å². The monoisotopic (exact) mass is 217 g/mol. The van der Waals surface area contributed by atoms with E-state index in [0.717, 1.165) is 25.8 Å². The quantitative estimate of drug-likeness (QED) is 0.805. The van der Waals surface area contributed by atoms with E-state index in [2.05, 4.69) is 10.3 Å². The van der Waals surface area contributed by atoms with Gasteiger partial charge in [0, 0.05) is 12.5 Å². The molecule has 0 amide bonds. The molecule has 0 radical (unpaired) electrons. The van der Waals surface area contributed by atoms with Gasteiger partial charge in [0.05, 0.1) is 6.10 Å². The molecule has 4 nitrogen and oxygen atoms in total. The van der Waals surface area contributed by atoms with Crippen molar-refractivity contribution in [1.29, 1.82) is 5.26 Å². The zero-order valence-electron chi connectivity index (χ0n) is 9.06. The van der Waals surface area contributed by atoms with E-state index in [1.165, 1.54) is 0 Å². The Balaban J connectivity index is 1.92. The van der Waals surface area contributed by atoms with Crippen LogP contribution in [0.15, 0.2) is 18.2 Å². The van der Waals surface area contributed by atoms with Crippen LogP contribution < -0.4 is 5.32 Å². The third kappa shape index (κ3) is 2.50. The molecule has 16 heavy (non-hydrogen) atoms. The summed E-state index contributed by atoms with van der Waals surface area (Å²) in [5.74, 6) is 1.02. The van der Waals surface area contributed by atoms with Crippen molar-refractivity contribution >= 4 is 5.82 Å². The van der Waals surface area contributed by atoms with Gasteiger partial charge in [-0.25, -0.2) is 4.98 Å². The number of hydrogen-bond donors (Lipinski definition) is 2. The van der Waals surface area contributed by atoms with Crippen LogP contribution in [0.5, 0.6) is 0 Å². The molecule has 2 atom stereocenters. The van der Waals surface area contributed by atoms with Crippen LogP contribution in [0.1, 0.15) is 25.0 Å². The lowest BCUT2D eigenvalue weighted by molar-refractivity contribution is 0.138. The van der Waals surface area contributed by atoms with Gasteiger partial charge >= 0.3 is 0 Å². The number of nitrogens with zero attached hydrogens (tertiary/aromatic N) is 2. The molecule has 0 spiro atoms. The molecule has 1 aromatic rings. The molecular formula is C12H15N3O. The topological polar surface area (TPSA) is 68.9 Å². The van der Waals surface area contributed by atoms with Crippen molar-refractivity contribution in [3.05, 3.63) is 23.9 Å². The molecule has 4 heteroatoms. The average Bonchev–Trinajstić information content (AvgIpc) is 2.72. The Morgan fingerprint density at radius 3 is 3.06 bits per heavy atom. The van der Waals surface area contributed by atoms with E-state index < -0.39 is 0 Å². The number of aliphatic hydroxyl groups excluding tert-OH is 1. The van der Waals surface area contributed by atoms with Gasteiger partial charge in [-0.2, -0.15) is 5.26 Å². The normalized spacial score (nSPS) is 24.0. The van der Waals surface area contributed by atoms with Crippen molar-refractivity contribution in [3.8, 4) is 6.07 Å². The molecule has 2 unspecified atom stereocenters. The Morgan fingerprint density at radius 2 is 2.38 bits per heavy atom. The van der Waals surface area contributed by atoms with E-state index >= 15 is 0 Å². The van der Waals surface area contributed by atoms with Crippen LogP contribution >= 0.6 is 0 Å². The molecule has 1 aliphatic carbocycles. The van der Waals surface area contributed by atoms with Crippen LogP contribution in [0.3, 0.4) is 0 Å². The summed E-state index contributed by atoms with van der Waals surface area (Å²) < 4.78 is 0. The Kier molecular flexibility index (Phi) is 3.37. The Bertz CT molecular complexity index is 399. The van der Waals surface area contributed by atoms with E-state index in [4.69, 9.17) is 5.26 Å².